The maximum atomic E-state index is 9.95. The lowest BCUT2D eigenvalue weighted by molar-refractivity contribution is -0.184. The summed E-state index contributed by atoms with van der Waals surface area (Å²) in [6.45, 7) is 5.71. The third kappa shape index (κ3) is 3.87. The Labute approximate surface area is 125 Å². The van der Waals surface area contributed by atoms with Crippen molar-refractivity contribution in [2.75, 3.05) is 6.61 Å². The SMILES string of the molecule is Cc1cc(O)c(C(C)C)cc1OC1CC(O)CC(CO)O1. The predicted molar refractivity (Wildman–Crippen MR) is 78.5 cm³/mol. The molecule has 1 heterocycles. The first-order chi connectivity index (χ1) is 9.90. The van der Waals surface area contributed by atoms with Crippen LogP contribution in [0.1, 0.15) is 43.7 Å². The molecule has 1 aliphatic rings. The number of hydrogen-bond donors (Lipinski definition) is 3. The van der Waals surface area contributed by atoms with Crippen LogP contribution >= 0.6 is 0 Å². The van der Waals surface area contributed by atoms with Crippen LogP contribution in [0.3, 0.4) is 0 Å². The Morgan fingerprint density at radius 1 is 1.33 bits per heavy atom. The second kappa shape index (κ2) is 6.64. The zero-order chi connectivity index (χ0) is 15.6. The monoisotopic (exact) mass is 296 g/mol. The van der Waals surface area contributed by atoms with Gasteiger partial charge in [-0.05, 0) is 30.5 Å². The molecular formula is C16H24O5. The summed E-state index contributed by atoms with van der Waals surface area (Å²) >= 11 is 0. The third-order valence-electron chi connectivity index (χ3n) is 3.75. The number of aromatic hydroxyl groups is 1. The molecule has 1 saturated heterocycles. The van der Waals surface area contributed by atoms with Gasteiger partial charge < -0.3 is 24.8 Å². The molecule has 3 atom stereocenters. The maximum absolute atomic E-state index is 9.95. The standard InChI is InChI=1S/C16H24O5/c1-9(2)13-7-15(10(3)4-14(13)19)21-16-6-11(18)5-12(8-17)20-16/h4,7,9,11-12,16-19H,5-6,8H2,1-3H3. The Hall–Kier alpha value is -1.30. The normalized spacial score (nSPS) is 26.1. The number of phenolic OH excluding ortho intramolecular Hbond substituents is 1. The molecule has 0 aromatic heterocycles. The van der Waals surface area contributed by atoms with Crippen LogP contribution in [0, 0.1) is 6.92 Å². The van der Waals surface area contributed by atoms with Crippen LogP contribution in [-0.4, -0.2) is 40.4 Å². The summed E-state index contributed by atoms with van der Waals surface area (Å²) in [7, 11) is 0. The fraction of sp³-hybridized carbons (Fsp3) is 0.625. The molecule has 0 saturated carbocycles. The first-order valence-electron chi connectivity index (χ1n) is 7.35. The van der Waals surface area contributed by atoms with Crippen molar-refractivity contribution in [3.63, 3.8) is 0 Å². The van der Waals surface area contributed by atoms with Gasteiger partial charge in [-0.1, -0.05) is 13.8 Å². The van der Waals surface area contributed by atoms with Crippen molar-refractivity contribution in [1.82, 2.24) is 0 Å². The van der Waals surface area contributed by atoms with Crippen molar-refractivity contribution >= 4 is 0 Å². The molecule has 0 bridgehead atoms. The average molecular weight is 296 g/mol. The summed E-state index contributed by atoms with van der Waals surface area (Å²) in [5.41, 5.74) is 1.62. The van der Waals surface area contributed by atoms with Crippen LogP contribution in [0.25, 0.3) is 0 Å². The van der Waals surface area contributed by atoms with E-state index in [2.05, 4.69) is 0 Å². The topological polar surface area (TPSA) is 79.2 Å². The first-order valence-corrected chi connectivity index (χ1v) is 7.35. The van der Waals surface area contributed by atoms with Gasteiger partial charge in [-0.25, -0.2) is 0 Å². The van der Waals surface area contributed by atoms with Crippen LogP contribution in [0.4, 0.5) is 0 Å². The van der Waals surface area contributed by atoms with Crippen LogP contribution < -0.4 is 4.74 Å². The molecular weight excluding hydrogens is 272 g/mol. The number of aliphatic hydroxyl groups excluding tert-OH is 2. The highest BCUT2D eigenvalue weighted by Crippen LogP contribution is 2.34. The van der Waals surface area contributed by atoms with E-state index < -0.39 is 18.5 Å². The lowest BCUT2D eigenvalue weighted by Crippen LogP contribution is -2.40. The van der Waals surface area contributed by atoms with E-state index >= 15 is 0 Å². The van der Waals surface area contributed by atoms with Crippen LogP contribution in [0.15, 0.2) is 12.1 Å². The van der Waals surface area contributed by atoms with E-state index in [4.69, 9.17) is 9.47 Å². The smallest absolute Gasteiger partial charge is 0.202 e. The highest BCUT2D eigenvalue weighted by Gasteiger charge is 2.29. The van der Waals surface area contributed by atoms with E-state index in [-0.39, 0.29) is 18.3 Å². The lowest BCUT2D eigenvalue weighted by atomic mass is 10.00. The molecule has 0 aliphatic carbocycles. The summed E-state index contributed by atoms with van der Waals surface area (Å²) in [6, 6.07) is 3.49. The van der Waals surface area contributed by atoms with Gasteiger partial charge in [-0.15, -0.1) is 0 Å². The quantitative estimate of drug-likeness (QED) is 0.792. The predicted octanol–water partition coefficient (Wildman–Crippen LogP) is 2.06. The summed E-state index contributed by atoms with van der Waals surface area (Å²) < 4.78 is 11.4. The Kier molecular flexibility index (Phi) is 5.08. The zero-order valence-corrected chi connectivity index (χ0v) is 12.7. The molecule has 21 heavy (non-hydrogen) atoms. The zero-order valence-electron chi connectivity index (χ0n) is 12.7. The molecule has 5 heteroatoms. The van der Waals surface area contributed by atoms with Crippen molar-refractivity contribution in [3.8, 4) is 11.5 Å². The Bertz CT molecular complexity index is 486. The van der Waals surface area contributed by atoms with Gasteiger partial charge >= 0.3 is 0 Å². The molecule has 2 rings (SSSR count). The third-order valence-corrected chi connectivity index (χ3v) is 3.75. The molecule has 1 aromatic carbocycles. The highest BCUT2D eigenvalue weighted by atomic mass is 16.7. The van der Waals surface area contributed by atoms with E-state index in [1.165, 1.54) is 0 Å². The van der Waals surface area contributed by atoms with E-state index in [9.17, 15) is 15.3 Å². The van der Waals surface area contributed by atoms with Gasteiger partial charge in [-0.3, -0.25) is 0 Å². The second-order valence-electron chi connectivity index (χ2n) is 5.94. The lowest BCUT2D eigenvalue weighted by Gasteiger charge is -2.32. The number of aryl methyl sites for hydroxylation is 1. The van der Waals surface area contributed by atoms with E-state index in [0.717, 1.165) is 11.1 Å². The second-order valence-corrected chi connectivity index (χ2v) is 5.94. The minimum Gasteiger partial charge on any atom is -0.508 e. The van der Waals surface area contributed by atoms with Crippen molar-refractivity contribution in [2.24, 2.45) is 0 Å². The number of aliphatic hydroxyl groups is 2. The van der Waals surface area contributed by atoms with Crippen molar-refractivity contribution in [3.05, 3.63) is 23.3 Å². The van der Waals surface area contributed by atoms with Crippen LogP contribution in [-0.2, 0) is 4.74 Å². The number of benzene rings is 1. The van der Waals surface area contributed by atoms with Crippen molar-refractivity contribution in [1.29, 1.82) is 0 Å². The fourth-order valence-corrected chi connectivity index (χ4v) is 2.56. The molecule has 3 N–H and O–H groups in total. The van der Waals surface area contributed by atoms with Gasteiger partial charge in [0, 0.05) is 18.4 Å². The molecule has 1 aliphatic heterocycles. The average Bonchev–Trinajstić information content (AvgIpc) is 2.40. The molecule has 0 spiro atoms. The summed E-state index contributed by atoms with van der Waals surface area (Å²) in [4.78, 5) is 0. The van der Waals surface area contributed by atoms with Gasteiger partial charge in [0.1, 0.15) is 11.5 Å². The molecule has 1 aromatic rings. The molecule has 118 valence electrons. The van der Waals surface area contributed by atoms with Gasteiger partial charge in [0.2, 0.25) is 6.29 Å². The molecule has 3 unspecified atom stereocenters. The number of phenols is 1. The number of rotatable bonds is 4. The van der Waals surface area contributed by atoms with Gasteiger partial charge in [-0.2, -0.15) is 0 Å². The summed E-state index contributed by atoms with van der Waals surface area (Å²) in [6.07, 6.45) is -0.742. The molecule has 0 amide bonds. The van der Waals surface area contributed by atoms with E-state index in [1.807, 2.05) is 26.8 Å². The largest absolute Gasteiger partial charge is 0.508 e. The minimum atomic E-state index is -0.589. The van der Waals surface area contributed by atoms with Gasteiger partial charge in [0.25, 0.3) is 0 Å². The van der Waals surface area contributed by atoms with Crippen LogP contribution in [0.2, 0.25) is 0 Å². The maximum Gasteiger partial charge on any atom is 0.202 e. The molecule has 0 radical (unpaired) electrons. The van der Waals surface area contributed by atoms with Gasteiger partial charge in [0.05, 0.1) is 18.8 Å². The number of hydrogen-bond acceptors (Lipinski definition) is 5. The minimum absolute atomic E-state index is 0.136. The summed E-state index contributed by atoms with van der Waals surface area (Å²) in [5, 5.41) is 28.9. The Morgan fingerprint density at radius 2 is 2.05 bits per heavy atom. The number of ether oxygens (including phenoxy) is 2. The van der Waals surface area contributed by atoms with E-state index in [0.29, 0.717) is 18.6 Å². The first kappa shape index (κ1) is 16.1. The molecule has 5 nitrogen and oxygen atoms in total. The van der Waals surface area contributed by atoms with E-state index in [1.54, 1.807) is 6.07 Å². The Morgan fingerprint density at radius 3 is 2.67 bits per heavy atom. The van der Waals surface area contributed by atoms with Crippen molar-refractivity contribution < 1.29 is 24.8 Å². The van der Waals surface area contributed by atoms with Gasteiger partial charge in [0.15, 0.2) is 0 Å². The Balaban J connectivity index is 2.17. The van der Waals surface area contributed by atoms with Crippen molar-refractivity contribution in [2.45, 2.75) is 58.0 Å². The highest BCUT2D eigenvalue weighted by molar-refractivity contribution is 5.46. The van der Waals surface area contributed by atoms with Crippen LogP contribution in [0.5, 0.6) is 11.5 Å². The fourth-order valence-electron chi connectivity index (χ4n) is 2.56. The summed E-state index contributed by atoms with van der Waals surface area (Å²) in [5.74, 6) is 1.07. The molecule has 1 fully saturated rings.